The Kier molecular flexibility index (Phi) is 2.71. The highest BCUT2D eigenvalue weighted by molar-refractivity contribution is 5.91. The van der Waals surface area contributed by atoms with Crippen LogP contribution in [0.2, 0.25) is 0 Å². The lowest BCUT2D eigenvalue weighted by Gasteiger charge is -2.33. The highest BCUT2D eigenvalue weighted by Crippen LogP contribution is 2.38. The Morgan fingerprint density at radius 3 is 2.75 bits per heavy atom. The number of carbonyl (C=O) groups excluding carboxylic acids is 1. The Bertz CT molecular complexity index is 191. The summed E-state index contributed by atoms with van der Waals surface area (Å²) in [5, 5.41) is 0. The third kappa shape index (κ3) is 2.20. The van der Waals surface area contributed by atoms with Gasteiger partial charge in [0.25, 0.3) is 0 Å². The van der Waals surface area contributed by atoms with E-state index in [1.807, 2.05) is 0 Å². The number of hydrogen-bond donors (Lipinski definition) is 0. The number of hydrogen-bond acceptors (Lipinski definition) is 1. The van der Waals surface area contributed by atoms with Crippen LogP contribution in [0.4, 0.5) is 0 Å². The lowest BCUT2D eigenvalue weighted by atomic mass is 9.71. The molecule has 12 heavy (non-hydrogen) atoms. The van der Waals surface area contributed by atoms with Crippen molar-refractivity contribution >= 4 is 5.78 Å². The van der Waals surface area contributed by atoms with Crippen LogP contribution in [0.15, 0.2) is 12.7 Å². The van der Waals surface area contributed by atoms with Gasteiger partial charge in [-0.05, 0) is 30.8 Å². The first kappa shape index (κ1) is 9.50. The third-order valence-corrected chi connectivity index (χ3v) is 2.81. The molecular formula is C11H18O. The summed E-state index contributed by atoms with van der Waals surface area (Å²) in [4.78, 5) is 11.3. The van der Waals surface area contributed by atoms with E-state index < -0.39 is 0 Å². The van der Waals surface area contributed by atoms with Crippen molar-refractivity contribution in [3.8, 4) is 0 Å². The van der Waals surface area contributed by atoms with Crippen LogP contribution >= 0.6 is 0 Å². The molecule has 0 aromatic carbocycles. The molecule has 0 aromatic heterocycles. The van der Waals surface area contributed by atoms with E-state index >= 15 is 0 Å². The minimum Gasteiger partial charge on any atom is -0.295 e. The molecule has 1 saturated carbocycles. The zero-order valence-electron chi connectivity index (χ0n) is 8.10. The second-order valence-electron chi connectivity index (χ2n) is 4.56. The van der Waals surface area contributed by atoms with Gasteiger partial charge in [-0.1, -0.05) is 26.8 Å². The van der Waals surface area contributed by atoms with Gasteiger partial charge in [0.1, 0.15) is 0 Å². The predicted molar refractivity (Wildman–Crippen MR) is 50.9 cm³/mol. The van der Waals surface area contributed by atoms with E-state index in [1.165, 1.54) is 18.9 Å². The van der Waals surface area contributed by atoms with E-state index in [4.69, 9.17) is 0 Å². The Morgan fingerprint density at radius 1 is 1.58 bits per heavy atom. The molecule has 1 nitrogen and oxygen atoms in total. The molecular weight excluding hydrogens is 148 g/mol. The summed E-state index contributed by atoms with van der Waals surface area (Å²) in [6.07, 6.45) is 6.03. The fourth-order valence-corrected chi connectivity index (χ4v) is 2.11. The fraction of sp³-hybridized carbons (Fsp3) is 0.727. The van der Waals surface area contributed by atoms with Gasteiger partial charge in [0.2, 0.25) is 0 Å². The lowest BCUT2D eigenvalue weighted by Crippen LogP contribution is -2.26. The van der Waals surface area contributed by atoms with Gasteiger partial charge in [-0.2, -0.15) is 0 Å². The largest absolute Gasteiger partial charge is 0.295 e. The van der Waals surface area contributed by atoms with Gasteiger partial charge in [0, 0.05) is 5.92 Å². The smallest absolute Gasteiger partial charge is 0.158 e. The first-order valence-corrected chi connectivity index (χ1v) is 4.71. The lowest BCUT2D eigenvalue weighted by molar-refractivity contribution is -0.120. The SMILES string of the molecule is C=CC(=O)C1CCCC(C)(C)C1. The molecule has 0 N–H and O–H groups in total. The molecule has 0 heterocycles. The van der Waals surface area contributed by atoms with Crippen molar-refractivity contribution in [3.05, 3.63) is 12.7 Å². The van der Waals surface area contributed by atoms with E-state index in [2.05, 4.69) is 20.4 Å². The van der Waals surface area contributed by atoms with Crippen molar-refractivity contribution < 1.29 is 4.79 Å². The monoisotopic (exact) mass is 166 g/mol. The second kappa shape index (κ2) is 3.42. The minimum absolute atomic E-state index is 0.239. The molecule has 1 fully saturated rings. The van der Waals surface area contributed by atoms with E-state index in [9.17, 15) is 4.79 Å². The quantitative estimate of drug-likeness (QED) is 0.576. The molecule has 0 aliphatic heterocycles. The van der Waals surface area contributed by atoms with E-state index in [0.717, 1.165) is 12.8 Å². The van der Waals surface area contributed by atoms with Gasteiger partial charge in [0.05, 0.1) is 0 Å². The topological polar surface area (TPSA) is 17.1 Å². The number of carbonyl (C=O) groups is 1. The van der Waals surface area contributed by atoms with Gasteiger partial charge in [-0.15, -0.1) is 0 Å². The highest BCUT2D eigenvalue weighted by atomic mass is 16.1. The standard InChI is InChI=1S/C11H18O/c1-4-10(12)9-6-5-7-11(2,3)8-9/h4,9H,1,5-8H2,2-3H3. The number of ketones is 1. The first-order chi connectivity index (χ1) is 5.55. The van der Waals surface area contributed by atoms with Crippen molar-refractivity contribution in [1.29, 1.82) is 0 Å². The molecule has 0 saturated heterocycles. The summed E-state index contributed by atoms with van der Waals surface area (Å²) >= 11 is 0. The normalized spacial score (nSPS) is 28.0. The molecule has 68 valence electrons. The van der Waals surface area contributed by atoms with Crippen LogP contribution in [0, 0.1) is 11.3 Å². The Labute approximate surface area is 74.9 Å². The first-order valence-electron chi connectivity index (χ1n) is 4.71. The molecule has 0 amide bonds. The van der Waals surface area contributed by atoms with Gasteiger partial charge in [0.15, 0.2) is 5.78 Å². The minimum atomic E-state index is 0.239. The maximum atomic E-state index is 11.3. The van der Waals surface area contributed by atoms with E-state index in [0.29, 0.717) is 5.41 Å². The van der Waals surface area contributed by atoms with Crippen molar-refractivity contribution in [2.75, 3.05) is 0 Å². The van der Waals surface area contributed by atoms with Gasteiger partial charge >= 0.3 is 0 Å². The van der Waals surface area contributed by atoms with Crippen molar-refractivity contribution in [3.63, 3.8) is 0 Å². The maximum absolute atomic E-state index is 11.3. The number of allylic oxidation sites excluding steroid dienone is 1. The molecule has 1 rings (SSSR count). The molecule has 1 unspecified atom stereocenters. The van der Waals surface area contributed by atoms with Crippen LogP contribution in [-0.2, 0) is 4.79 Å². The summed E-state index contributed by atoms with van der Waals surface area (Å²) in [7, 11) is 0. The molecule has 0 spiro atoms. The van der Waals surface area contributed by atoms with Gasteiger partial charge in [-0.25, -0.2) is 0 Å². The van der Waals surface area contributed by atoms with Gasteiger partial charge in [-0.3, -0.25) is 4.79 Å². The van der Waals surface area contributed by atoms with Crippen molar-refractivity contribution in [2.24, 2.45) is 11.3 Å². The molecule has 0 bridgehead atoms. The fourth-order valence-electron chi connectivity index (χ4n) is 2.11. The average Bonchev–Trinajstić information content (AvgIpc) is 2.01. The Hall–Kier alpha value is -0.590. The third-order valence-electron chi connectivity index (χ3n) is 2.81. The molecule has 0 aromatic rings. The second-order valence-corrected chi connectivity index (χ2v) is 4.56. The van der Waals surface area contributed by atoms with Crippen molar-refractivity contribution in [1.82, 2.24) is 0 Å². The zero-order valence-corrected chi connectivity index (χ0v) is 8.10. The average molecular weight is 166 g/mol. The summed E-state index contributed by atoms with van der Waals surface area (Å²) in [5.74, 6) is 0.494. The van der Waals surface area contributed by atoms with Crippen LogP contribution in [0.25, 0.3) is 0 Å². The molecule has 1 atom stereocenters. The van der Waals surface area contributed by atoms with Crippen LogP contribution < -0.4 is 0 Å². The van der Waals surface area contributed by atoms with E-state index in [1.54, 1.807) is 0 Å². The summed E-state index contributed by atoms with van der Waals surface area (Å²) in [6, 6.07) is 0. The molecule has 1 aliphatic rings. The van der Waals surface area contributed by atoms with E-state index in [-0.39, 0.29) is 11.7 Å². The molecule has 0 radical (unpaired) electrons. The molecule has 1 aliphatic carbocycles. The Morgan fingerprint density at radius 2 is 2.25 bits per heavy atom. The summed E-state index contributed by atoms with van der Waals surface area (Å²) in [5.41, 5.74) is 0.363. The predicted octanol–water partition coefficient (Wildman–Crippen LogP) is 2.96. The zero-order chi connectivity index (χ0) is 9.19. The van der Waals surface area contributed by atoms with Crippen LogP contribution in [0.5, 0.6) is 0 Å². The van der Waals surface area contributed by atoms with Gasteiger partial charge < -0.3 is 0 Å². The van der Waals surface area contributed by atoms with Crippen LogP contribution in [-0.4, -0.2) is 5.78 Å². The van der Waals surface area contributed by atoms with Crippen LogP contribution in [0.1, 0.15) is 39.5 Å². The van der Waals surface area contributed by atoms with Crippen LogP contribution in [0.3, 0.4) is 0 Å². The molecule has 1 heteroatoms. The summed E-state index contributed by atoms with van der Waals surface area (Å²) < 4.78 is 0. The summed E-state index contributed by atoms with van der Waals surface area (Å²) in [6.45, 7) is 8.03. The highest BCUT2D eigenvalue weighted by Gasteiger charge is 2.30. The number of rotatable bonds is 2. The Balaban J connectivity index is 2.57. The van der Waals surface area contributed by atoms with Crippen molar-refractivity contribution in [2.45, 2.75) is 39.5 Å². The maximum Gasteiger partial charge on any atom is 0.158 e.